The first-order valence-corrected chi connectivity index (χ1v) is 7.56. The summed E-state index contributed by atoms with van der Waals surface area (Å²) in [6.45, 7) is 1.38. The summed E-state index contributed by atoms with van der Waals surface area (Å²) in [6.07, 6.45) is 1.24. The Labute approximate surface area is 135 Å². The molecule has 122 valence electrons. The van der Waals surface area contributed by atoms with E-state index < -0.39 is 0 Å². The summed E-state index contributed by atoms with van der Waals surface area (Å²) >= 11 is 0. The smallest absolute Gasteiger partial charge is 0.225 e. The van der Waals surface area contributed by atoms with Crippen molar-refractivity contribution in [1.29, 1.82) is 0 Å². The van der Waals surface area contributed by atoms with Crippen molar-refractivity contribution in [3.63, 3.8) is 0 Å². The summed E-state index contributed by atoms with van der Waals surface area (Å²) in [6, 6.07) is 13.7. The van der Waals surface area contributed by atoms with E-state index in [1.165, 1.54) is 17.7 Å². The first-order valence-electron chi connectivity index (χ1n) is 7.56. The molecule has 0 aliphatic carbocycles. The van der Waals surface area contributed by atoms with Gasteiger partial charge in [0.2, 0.25) is 5.91 Å². The molecule has 0 aliphatic heterocycles. The van der Waals surface area contributed by atoms with Crippen molar-refractivity contribution in [1.82, 2.24) is 5.32 Å². The first-order chi connectivity index (χ1) is 11.2. The second-order valence-corrected chi connectivity index (χ2v) is 5.16. The number of halogens is 1. The Morgan fingerprint density at radius 3 is 2.65 bits per heavy atom. The fraction of sp³-hybridized carbons (Fsp3) is 0.278. The highest BCUT2D eigenvalue weighted by molar-refractivity contribution is 5.90. The molecule has 0 fully saturated rings. The second-order valence-electron chi connectivity index (χ2n) is 5.16. The lowest BCUT2D eigenvalue weighted by molar-refractivity contribution is -0.116. The molecule has 0 radical (unpaired) electrons. The zero-order chi connectivity index (χ0) is 16.5. The summed E-state index contributed by atoms with van der Waals surface area (Å²) in [7, 11) is 1.65. The van der Waals surface area contributed by atoms with Crippen LogP contribution in [0.5, 0.6) is 5.75 Å². The van der Waals surface area contributed by atoms with Crippen molar-refractivity contribution >= 4 is 11.6 Å². The van der Waals surface area contributed by atoms with Gasteiger partial charge in [-0.05, 0) is 54.9 Å². The van der Waals surface area contributed by atoms with Crippen molar-refractivity contribution in [2.24, 2.45) is 0 Å². The molecular formula is C18H21FN2O2. The number of benzene rings is 2. The van der Waals surface area contributed by atoms with Gasteiger partial charge < -0.3 is 15.4 Å². The standard InChI is InChI=1S/C18H21FN2O2/c1-23-17-4-2-3-14(13-17)9-11-20-12-10-18(22)21-16-7-5-15(19)6-8-16/h2-8,13,20H,9-12H2,1H3,(H,21,22). The largest absolute Gasteiger partial charge is 0.497 e. The van der Waals surface area contributed by atoms with Crippen LogP contribution < -0.4 is 15.4 Å². The molecule has 23 heavy (non-hydrogen) atoms. The first kappa shape index (κ1) is 17.0. The van der Waals surface area contributed by atoms with Gasteiger partial charge in [0.1, 0.15) is 11.6 Å². The number of hydrogen-bond donors (Lipinski definition) is 2. The molecule has 2 N–H and O–H groups in total. The fourth-order valence-corrected chi connectivity index (χ4v) is 2.14. The number of carbonyl (C=O) groups is 1. The van der Waals surface area contributed by atoms with Crippen LogP contribution in [0.2, 0.25) is 0 Å². The summed E-state index contributed by atoms with van der Waals surface area (Å²) in [5, 5.41) is 5.97. The third-order valence-corrected chi connectivity index (χ3v) is 3.38. The van der Waals surface area contributed by atoms with Gasteiger partial charge in [0.15, 0.2) is 0 Å². The van der Waals surface area contributed by atoms with Gasteiger partial charge in [-0.15, -0.1) is 0 Å². The van der Waals surface area contributed by atoms with E-state index in [-0.39, 0.29) is 11.7 Å². The predicted molar refractivity (Wildman–Crippen MR) is 89.2 cm³/mol. The molecule has 0 heterocycles. The minimum Gasteiger partial charge on any atom is -0.497 e. The van der Waals surface area contributed by atoms with E-state index in [4.69, 9.17) is 4.74 Å². The lowest BCUT2D eigenvalue weighted by atomic mass is 10.1. The second kappa shape index (κ2) is 8.90. The fourth-order valence-electron chi connectivity index (χ4n) is 2.14. The Bertz CT molecular complexity index is 629. The number of rotatable bonds is 8. The van der Waals surface area contributed by atoms with Crippen molar-refractivity contribution in [2.75, 3.05) is 25.5 Å². The lowest BCUT2D eigenvalue weighted by Crippen LogP contribution is -2.23. The van der Waals surface area contributed by atoms with Crippen LogP contribution in [0.3, 0.4) is 0 Å². The highest BCUT2D eigenvalue weighted by Gasteiger charge is 2.02. The molecule has 1 amide bonds. The number of amides is 1. The van der Waals surface area contributed by atoms with Gasteiger partial charge in [0, 0.05) is 18.7 Å². The predicted octanol–water partition coefficient (Wildman–Crippen LogP) is 3.00. The molecule has 0 aliphatic rings. The van der Waals surface area contributed by atoms with E-state index >= 15 is 0 Å². The van der Waals surface area contributed by atoms with Gasteiger partial charge >= 0.3 is 0 Å². The average molecular weight is 316 g/mol. The van der Waals surface area contributed by atoms with Crippen LogP contribution in [0.1, 0.15) is 12.0 Å². The number of ether oxygens (including phenoxy) is 1. The van der Waals surface area contributed by atoms with E-state index in [0.717, 1.165) is 18.7 Å². The Kier molecular flexibility index (Phi) is 6.56. The van der Waals surface area contributed by atoms with Crippen LogP contribution in [-0.2, 0) is 11.2 Å². The monoisotopic (exact) mass is 316 g/mol. The third-order valence-electron chi connectivity index (χ3n) is 3.38. The summed E-state index contributed by atoms with van der Waals surface area (Å²) < 4.78 is 17.9. The highest BCUT2D eigenvalue weighted by atomic mass is 19.1. The molecule has 0 saturated heterocycles. The molecule has 0 spiro atoms. The average Bonchev–Trinajstić information content (AvgIpc) is 2.57. The maximum absolute atomic E-state index is 12.8. The topological polar surface area (TPSA) is 50.4 Å². The van der Waals surface area contributed by atoms with E-state index in [0.29, 0.717) is 18.7 Å². The van der Waals surface area contributed by atoms with Crippen LogP contribution >= 0.6 is 0 Å². The van der Waals surface area contributed by atoms with Gasteiger partial charge in [0.05, 0.1) is 7.11 Å². The number of carbonyl (C=O) groups excluding carboxylic acids is 1. The van der Waals surface area contributed by atoms with Gasteiger partial charge in [-0.1, -0.05) is 12.1 Å². The Morgan fingerprint density at radius 2 is 1.91 bits per heavy atom. The highest BCUT2D eigenvalue weighted by Crippen LogP contribution is 2.12. The number of nitrogens with one attached hydrogen (secondary N) is 2. The number of methoxy groups -OCH3 is 1. The molecule has 0 bridgehead atoms. The summed E-state index contributed by atoms with van der Waals surface area (Å²) in [5.74, 6) is 0.439. The third kappa shape index (κ3) is 6.08. The molecule has 2 rings (SSSR count). The van der Waals surface area contributed by atoms with Crippen molar-refractivity contribution in [3.05, 3.63) is 59.9 Å². The Morgan fingerprint density at radius 1 is 1.13 bits per heavy atom. The maximum atomic E-state index is 12.8. The number of anilines is 1. The normalized spacial score (nSPS) is 10.3. The quantitative estimate of drug-likeness (QED) is 0.736. The van der Waals surface area contributed by atoms with Gasteiger partial charge in [-0.25, -0.2) is 4.39 Å². The van der Waals surface area contributed by atoms with Crippen LogP contribution in [0.4, 0.5) is 10.1 Å². The Balaban J connectivity index is 1.63. The van der Waals surface area contributed by atoms with E-state index in [1.807, 2.05) is 24.3 Å². The Hall–Kier alpha value is -2.40. The van der Waals surface area contributed by atoms with Crippen molar-refractivity contribution in [2.45, 2.75) is 12.8 Å². The van der Waals surface area contributed by atoms with Crippen LogP contribution in [0.25, 0.3) is 0 Å². The molecule has 2 aromatic rings. The maximum Gasteiger partial charge on any atom is 0.225 e. The van der Waals surface area contributed by atoms with Gasteiger partial charge in [-0.3, -0.25) is 4.79 Å². The zero-order valence-corrected chi connectivity index (χ0v) is 13.1. The molecule has 0 aromatic heterocycles. The summed E-state index contributed by atoms with van der Waals surface area (Å²) in [5.41, 5.74) is 1.79. The summed E-state index contributed by atoms with van der Waals surface area (Å²) in [4.78, 5) is 11.8. The van der Waals surface area contributed by atoms with E-state index in [1.54, 1.807) is 19.2 Å². The minimum atomic E-state index is -0.317. The van der Waals surface area contributed by atoms with Crippen LogP contribution in [0, 0.1) is 5.82 Å². The zero-order valence-electron chi connectivity index (χ0n) is 13.1. The van der Waals surface area contributed by atoms with E-state index in [2.05, 4.69) is 10.6 Å². The number of hydrogen-bond acceptors (Lipinski definition) is 3. The molecule has 0 unspecified atom stereocenters. The molecule has 2 aromatic carbocycles. The molecule has 0 atom stereocenters. The molecular weight excluding hydrogens is 295 g/mol. The molecule has 5 heteroatoms. The van der Waals surface area contributed by atoms with Gasteiger partial charge in [0.25, 0.3) is 0 Å². The van der Waals surface area contributed by atoms with Gasteiger partial charge in [-0.2, -0.15) is 0 Å². The lowest BCUT2D eigenvalue weighted by Gasteiger charge is -2.07. The molecule has 0 saturated carbocycles. The van der Waals surface area contributed by atoms with Crippen molar-refractivity contribution in [3.8, 4) is 5.75 Å². The SMILES string of the molecule is COc1cccc(CCNCCC(=O)Nc2ccc(F)cc2)c1. The van der Waals surface area contributed by atoms with Crippen molar-refractivity contribution < 1.29 is 13.9 Å². The minimum absolute atomic E-state index is 0.0921. The van der Waals surface area contributed by atoms with Crippen LogP contribution in [0.15, 0.2) is 48.5 Å². The molecule has 4 nitrogen and oxygen atoms in total. The van der Waals surface area contributed by atoms with E-state index in [9.17, 15) is 9.18 Å². The van der Waals surface area contributed by atoms with Crippen LogP contribution in [-0.4, -0.2) is 26.1 Å².